The van der Waals surface area contributed by atoms with E-state index in [-0.39, 0.29) is 29.1 Å². The Hall–Kier alpha value is -2.02. The number of carbonyl (C=O) groups excluding carboxylic acids is 3. The number of hydrogen-bond donors (Lipinski definition) is 2. The Kier molecular flexibility index (Phi) is 5.84. The summed E-state index contributed by atoms with van der Waals surface area (Å²) in [6, 6.07) is 6.49. The molecule has 0 spiro atoms. The Bertz CT molecular complexity index is 848. The third kappa shape index (κ3) is 3.84. The lowest BCUT2D eigenvalue weighted by Gasteiger charge is -2.30. The Morgan fingerprint density at radius 1 is 1.13 bits per heavy atom. The van der Waals surface area contributed by atoms with Crippen molar-refractivity contribution >= 4 is 29.5 Å². The van der Waals surface area contributed by atoms with Crippen molar-refractivity contribution in [3.8, 4) is 0 Å². The van der Waals surface area contributed by atoms with Gasteiger partial charge in [-0.25, -0.2) is 0 Å². The predicted octanol–water partition coefficient (Wildman–Crippen LogP) is 3.38. The normalized spacial score (nSPS) is 26.5. The molecule has 3 aliphatic rings. The summed E-state index contributed by atoms with van der Waals surface area (Å²) < 4.78 is -0.449. The molecule has 2 fully saturated rings. The second-order valence-corrected chi connectivity index (χ2v) is 10.9. The maximum Gasteiger partial charge on any atom is 0.256 e. The molecule has 2 aliphatic heterocycles. The number of nitrogens with one attached hydrogen (secondary N) is 2. The minimum absolute atomic E-state index is 0.107. The topological polar surface area (TPSA) is 78.5 Å². The maximum atomic E-state index is 13.3. The highest BCUT2D eigenvalue weighted by Gasteiger charge is 2.57. The summed E-state index contributed by atoms with van der Waals surface area (Å²) >= 11 is 1.63. The van der Waals surface area contributed by atoms with Crippen LogP contribution in [0.5, 0.6) is 0 Å². The summed E-state index contributed by atoms with van der Waals surface area (Å²) in [7, 11) is 0. The van der Waals surface area contributed by atoms with Gasteiger partial charge in [-0.05, 0) is 45.2 Å². The van der Waals surface area contributed by atoms with Gasteiger partial charge in [0.15, 0.2) is 0 Å². The molecule has 0 radical (unpaired) electrons. The molecule has 1 saturated carbocycles. The summed E-state index contributed by atoms with van der Waals surface area (Å²) in [5.74, 6) is -0.518. The summed E-state index contributed by atoms with van der Waals surface area (Å²) in [6.45, 7) is 5.70. The molecule has 1 aromatic carbocycles. The van der Waals surface area contributed by atoms with Crippen molar-refractivity contribution in [1.82, 2.24) is 15.5 Å². The summed E-state index contributed by atoms with van der Waals surface area (Å²) in [6.07, 6.45) is 6.72. The molecule has 3 amide bonds. The van der Waals surface area contributed by atoms with Crippen LogP contribution in [0.3, 0.4) is 0 Å². The van der Waals surface area contributed by atoms with Crippen molar-refractivity contribution in [2.45, 2.75) is 87.5 Å². The number of rotatable bonds is 4. The summed E-state index contributed by atoms with van der Waals surface area (Å²) in [4.78, 5) is 40.7. The van der Waals surface area contributed by atoms with Gasteiger partial charge in [0.1, 0.15) is 17.5 Å². The van der Waals surface area contributed by atoms with Gasteiger partial charge in [-0.15, -0.1) is 11.8 Å². The van der Waals surface area contributed by atoms with E-state index in [2.05, 4.69) is 10.6 Å². The van der Waals surface area contributed by atoms with E-state index in [1.807, 2.05) is 38.1 Å². The van der Waals surface area contributed by atoms with Crippen molar-refractivity contribution in [2.75, 3.05) is 0 Å². The first-order valence-corrected chi connectivity index (χ1v) is 11.9. The van der Waals surface area contributed by atoms with Crippen LogP contribution in [0.25, 0.3) is 0 Å². The molecule has 3 atom stereocenters. The number of amides is 3. The SMILES string of the molecule is C[C@H](NC(=O)[C@H]1N2C(=O)c3ccccc3[C@H]2SC1(C)C)C(=O)NC1CCCCCC1. The van der Waals surface area contributed by atoms with Gasteiger partial charge < -0.3 is 15.5 Å². The van der Waals surface area contributed by atoms with Crippen LogP contribution in [-0.2, 0) is 9.59 Å². The lowest BCUT2D eigenvalue weighted by Crippen LogP contribution is -2.57. The molecule has 1 aromatic rings. The zero-order valence-corrected chi connectivity index (χ0v) is 18.8. The van der Waals surface area contributed by atoms with E-state index >= 15 is 0 Å². The van der Waals surface area contributed by atoms with Gasteiger partial charge in [0.2, 0.25) is 11.8 Å². The van der Waals surface area contributed by atoms with Crippen LogP contribution in [0, 0.1) is 0 Å². The van der Waals surface area contributed by atoms with Gasteiger partial charge >= 0.3 is 0 Å². The van der Waals surface area contributed by atoms with Crippen LogP contribution in [0.2, 0.25) is 0 Å². The summed E-state index contributed by atoms with van der Waals surface area (Å²) in [5, 5.41) is 5.83. The highest BCUT2D eigenvalue weighted by atomic mass is 32.2. The third-order valence-corrected chi connectivity index (χ3v) is 8.03. The van der Waals surface area contributed by atoms with Crippen molar-refractivity contribution < 1.29 is 14.4 Å². The molecule has 0 unspecified atom stereocenters. The second kappa shape index (κ2) is 8.25. The number of thioether (sulfide) groups is 1. The summed E-state index contributed by atoms with van der Waals surface area (Å²) in [5.41, 5.74) is 1.64. The zero-order chi connectivity index (χ0) is 21.5. The zero-order valence-electron chi connectivity index (χ0n) is 17.9. The molecule has 6 nitrogen and oxygen atoms in total. The molecule has 2 heterocycles. The quantitative estimate of drug-likeness (QED) is 0.720. The highest BCUT2D eigenvalue weighted by Crippen LogP contribution is 2.56. The third-order valence-electron chi connectivity index (χ3n) is 6.50. The van der Waals surface area contributed by atoms with E-state index in [0.29, 0.717) is 5.56 Å². The molecule has 30 heavy (non-hydrogen) atoms. The molecular weight excluding hydrogens is 398 g/mol. The first-order chi connectivity index (χ1) is 14.3. The average Bonchev–Trinajstić information content (AvgIpc) is 2.97. The maximum absolute atomic E-state index is 13.3. The number of hydrogen-bond acceptors (Lipinski definition) is 4. The Labute approximate surface area is 182 Å². The molecule has 1 aliphatic carbocycles. The first-order valence-electron chi connectivity index (χ1n) is 11.0. The minimum Gasteiger partial charge on any atom is -0.352 e. The molecule has 0 aromatic heterocycles. The minimum atomic E-state index is -0.638. The van der Waals surface area contributed by atoms with Crippen molar-refractivity contribution in [3.05, 3.63) is 35.4 Å². The molecule has 2 N–H and O–H groups in total. The largest absolute Gasteiger partial charge is 0.352 e. The van der Waals surface area contributed by atoms with Gasteiger partial charge in [-0.1, -0.05) is 43.9 Å². The lowest BCUT2D eigenvalue weighted by molar-refractivity contribution is -0.131. The Morgan fingerprint density at radius 3 is 2.50 bits per heavy atom. The number of carbonyl (C=O) groups is 3. The van der Waals surface area contributed by atoms with Gasteiger partial charge in [0.25, 0.3) is 5.91 Å². The monoisotopic (exact) mass is 429 g/mol. The van der Waals surface area contributed by atoms with Crippen LogP contribution in [0.15, 0.2) is 24.3 Å². The van der Waals surface area contributed by atoms with E-state index in [1.54, 1.807) is 23.6 Å². The smallest absolute Gasteiger partial charge is 0.256 e. The van der Waals surface area contributed by atoms with Gasteiger partial charge in [0, 0.05) is 16.4 Å². The standard InChI is InChI=1S/C23H31N3O3S/c1-14(19(27)25-15-10-6-4-5-7-11-15)24-20(28)18-23(2,3)30-22-17-13-9-8-12-16(17)21(29)26(18)22/h8-9,12-15,18,22H,4-7,10-11H2,1-3H3,(H,24,28)(H,25,27)/t14-,18+,22+/m0/s1. The average molecular weight is 430 g/mol. The van der Waals surface area contributed by atoms with Crippen LogP contribution in [-0.4, -0.2) is 45.5 Å². The number of benzene rings is 1. The van der Waals surface area contributed by atoms with Crippen LogP contribution in [0.1, 0.15) is 80.6 Å². The van der Waals surface area contributed by atoms with Crippen LogP contribution in [0.4, 0.5) is 0 Å². The van der Waals surface area contributed by atoms with Crippen molar-refractivity contribution in [1.29, 1.82) is 0 Å². The van der Waals surface area contributed by atoms with E-state index < -0.39 is 16.8 Å². The van der Waals surface area contributed by atoms with Crippen LogP contribution >= 0.6 is 11.8 Å². The van der Waals surface area contributed by atoms with Crippen LogP contribution < -0.4 is 10.6 Å². The van der Waals surface area contributed by atoms with E-state index in [4.69, 9.17) is 0 Å². The number of fused-ring (bicyclic) bond motifs is 3. The van der Waals surface area contributed by atoms with Crippen molar-refractivity contribution in [3.63, 3.8) is 0 Å². The van der Waals surface area contributed by atoms with E-state index in [9.17, 15) is 14.4 Å². The van der Waals surface area contributed by atoms with E-state index in [0.717, 1.165) is 31.2 Å². The first kappa shape index (κ1) is 21.2. The Balaban J connectivity index is 1.45. The fraction of sp³-hybridized carbons (Fsp3) is 0.609. The fourth-order valence-electron chi connectivity index (χ4n) is 4.91. The van der Waals surface area contributed by atoms with Crippen molar-refractivity contribution in [2.24, 2.45) is 0 Å². The number of nitrogens with zero attached hydrogens (tertiary/aromatic N) is 1. The molecular formula is C23H31N3O3S. The molecule has 0 bridgehead atoms. The van der Waals surface area contributed by atoms with Gasteiger partial charge in [0.05, 0.1) is 0 Å². The highest BCUT2D eigenvalue weighted by molar-refractivity contribution is 8.01. The fourth-order valence-corrected chi connectivity index (χ4v) is 6.50. The lowest BCUT2D eigenvalue weighted by atomic mass is 10.00. The van der Waals surface area contributed by atoms with Gasteiger partial charge in [-0.3, -0.25) is 14.4 Å². The van der Waals surface area contributed by atoms with E-state index in [1.165, 1.54) is 12.8 Å². The molecule has 1 saturated heterocycles. The molecule has 7 heteroatoms. The molecule has 4 rings (SSSR count). The second-order valence-electron chi connectivity index (χ2n) is 9.20. The Morgan fingerprint density at radius 2 is 1.80 bits per heavy atom. The molecule has 162 valence electrons. The predicted molar refractivity (Wildman–Crippen MR) is 118 cm³/mol. The van der Waals surface area contributed by atoms with Gasteiger partial charge in [-0.2, -0.15) is 0 Å².